The molecule has 0 nitrogen and oxygen atoms in total. The molecule has 0 aromatic heterocycles. The Balaban J connectivity index is 4.20. The topological polar surface area (TPSA) is 0 Å². The predicted molar refractivity (Wildman–Crippen MR) is 78.2 cm³/mol. The summed E-state index contributed by atoms with van der Waals surface area (Å²) in [5, 5.41) is 0. The van der Waals surface area contributed by atoms with E-state index in [-0.39, 0.29) is 0 Å². The summed E-state index contributed by atoms with van der Waals surface area (Å²) in [5.41, 5.74) is 0. The first-order chi connectivity index (χ1) is 6.74. The first-order valence-electron chi connectivity index (χ1n) is 5.94. The maximum atomic E-state index is 2.42. The van der Waals surface area contributed by atoms with Crippen LogP contribution in [0.4, 0.5) is 0 Å². The van der Waals surface area contributed by atoms with Crippen molar-refractivity contribution in [3.8, 4) is 0 Å². The van der Waals surface area contributed by atoms with E-state index >= 15 is 0 Å². The van der Waals surface area contributed by atoms with Gasteiger partial charge in [-0.1, -0.05) is 27.7 Å². The SMILES string of the molecule is CCC(C)(CC(C)C)SCC(C)(C)SC. The van der Waals surface area contributed by atoms with Gasteiger partial charge in [-0.2, -0.15) is 23.5 Å². The minimum absolute atomic E-state index is 0.415. The first-order valence-corrected chi connectivity index (χ1v) is 8.15. The Labute approximate surface area is 105 Å². The van der Waals surface area contributed by atoms with Crippen LogP contribution in [0.2, 0.25) is 0 Å². The van der Waals surface area contributed by atoms with E-state index in [1.807, 2.05) is 11.8 Å². The van der Waals surface area contributed by atoms with E-state index in [4.69, 9.17) is 0 Å². The standard InChI is InChI=1S/C13H28S2/c1-8-13(6,9-11(2)3)15-10-12(4,5)14-7/h11H,8-10H2,1-7H3. The minimum atomic E-state index is 0.415. The fourth-order valence-corrected chi connectivity index (χ4v) is 3.58. The highest BCUT2D eigenvalue weighted by Gasteiger charge is 2.27. The van der Waals surface area contributed by atoms with E-state index in [1.54, 1.807) is 0 Å². The molecule has 0 saturated heterocycles. The summed E-state index contributed by atoms with van der Waals surface area (Å²) in [6.45, 7) is 14.1. The quantitative estimate of drug-likeness (QED) is 0.616. The maximum Gasteiger partial charge on any atom is 0.0191 e. The van der Waals surface area contributed by atoms with Gasteiger partial charge in [0.25, 0.3) is 0 Å². The molecular formula is C13H28S2. The molecule has 0 aliphatic carbocycles. The summed E-state index contributed by atoms with van der Waals surface area (Å²) in [6, 6.07) is 0. The van der Waals surface area contributed by atoms with Gasteiger partial charge in [-0.05, 0) is 38.9 Å². The smallest absolute Gasteiger partial charge is 0.0191 e. The average molecular weight is 249 g/mol. The van der Waals surface area contributed by atoms with E-state index in [9.17, 15) is 0 Å². The molecule has 0 amide bonds. The largest absolute Gasteiger partial charge is 0.158 e. The summed E-state index contributed by atoms with van der Waals surface area (Å²) in [6.07, 6.45) is 4.82. The van der Waals surface area contributed by atoms with Gasteiger partial charge in [0.1, 0.15) is 0 Å². The zero-order valence-electron chi connectivity index (χ0n) is 11.5. The second-order valence-corrected chi connectivity index (χ2v) is 8.73. The van der Waals surface area contributed by atoms with Gasteiger partial charge in [-0.3, -0.25) is 0 Å². The lowest BCUT2D eigenvalue weighted by Gasteiger charge is -2.33. The molecule has 0 saturated carbocycles. The van der Waals surface area contributed by atoms with Gasteiger partial charge in [-0.15, -0.1) is 0 Å². The average Bonchev–Trinajstić information content (AvgIpc) is 2.14. The van der Waals surface area contributed by atoms with Crippen molar-refractivity contribution in [1.29, 1.82) is 0 Å². The summed E-state index contributed by atoms with van der Waals surface area (Å²) >= 11 is 4.14. The lowest BCUT2D eigenvalue weighted by Crippen LogP contribution is -2.27. The molecule has 0 heterocycles. The van der Waals surface area contributed by atoms with Gasteiger partial charge in [0, 0.05) is 15.2 Å². The highest BCUT2D eigenvalue weighted by atomic mass is 32.2. The number of hydrogen-bond donors (Lipinski definition) is 0. The van der Waals surface area contributed by atoms with Crippen LogP contribution in [0.5, 0.6) is 0 Å². The van der Waals surface area contributed by atoms with Crippen molar-refractivity contribution in [2.24, 2.45) is 5.92 Å². The Hall–Kier alpha value is 0.700. The van der Waals surface area contributed by atoms with Gasteiger partial charge in [-0.25, -0.2) is 0 Å². The van der Waals surface area contributed by atoms with Crippen molar-refractivity contribution in [1.82, 2.24) is 0 Å². The van der Waals surface area contributed by atoms with Crippen LogP contribution >= 0.6 is 23.5 Å². The Morgan fingerprint density at radius 3 is 2.00 bits per heavy atom. The van der Waals surface area contributed by atoms with Crippen molar-refractivity contribution in [3.63, 3.8) is 0 Å². The molecule has 1 atom stereocenters. The molecule has 15 heavy (non-hydrogen) atoms. The van der Waals surface area contributed by atoms with Crippen LogP contribution in [0.3, 0.4) is 0 Å². The fourth-order valence-electron chi connectivity index (χ4n) is 1.58. The van der Waals surface area contributed by atoms with Crippen molar-refractivity contribution in [3.05, 3.63) is 0 Å². The molecule has 2 heteroatoms. The number of rotatable bonds is 7. The molecule has 0 aromatic carbocycles. The van der Waals surface area contributed by atoms with Gasteiger partial charge >= 0.3 is 0 Å². The van der Waals surface area contributed by atoms with E-state index in [2.05, 4.69) is 59.6 Å². The van der Waals surface area contributed by atoms with Crippen LogP contribution in [0, 0.1) is 5.92 Å². The molecular weight excluding hydrogens is 220 g/mol. The van der Waals surface area contributed by atoms with Crippen LogP contribution in [-0.2, 0) is 0 Å². The highest BCUT2D eigenvalue weighted by Crippen LogP contribution is 2.39. The lowest BCUT2D eigenvalue weighted by molar-refractivity contribution is 0.466. The lowest BCUT2D eigenvalue weighted by atomic mass is 9.96. The van der Waals surface area contributed by atoms with E-state index in [1.165, 1.54) is 18.6 Å². The third-order valence-corrected chi connectivity index (χ3v) is 6.36. The summed E-state index contributed by atoms with van der Waals surface area (Å²) in [4.78, 5) is 0. The molecule has 0 aliphatic rings. The second-order valence-electron chi connectivity index (χ2n) is 5.65. The van der Waals surface area contributed by atoms with Crippen molar-refractivity contribution < 1.29 is 0 Å². The van der Waals surface area contributed by atoms with Crippen LogP contribution in [0.1, 0.15) is 54.4 Å². The van der Waals surface area contributed by atoms with Crippen LogP contribution in [0.25, 0.3) is 0 Å². The Bertz CT molecular complexity index is 175. The molecule has 92 valence electrons. The minimum Gasteiger partial charge on any atom is -0.158 e. The Kier molecular flexibility index (Phi) is 6.74. The van der Waals surface area contributed by atoms with Crippen molar-refractivity contribution in [2.75, 3.05) is 12.0 Å². The molecule has 1 unspecified atom stereocenters. The predicted octanol–water partition coefficient (Wildman–Crippen LogP) is 5.08. The molecule has 0 aromatic rings. The van der Waals surface area contributed by atoms with Crippen LogP contribution in [0.15, 0.2) is 0 Å². The Morgan fingerprint density at radius 1 is 1.13 bits per heavy atom. The third kappa shape index (κ3) is 6.78. The fraction of sp³-hybridized carbons (Fsp3) is 1.00. The van der Waals surface area contributed by atoms with Gasteiger partial charge in [0.15, 0.2) is 0 Å². The third-order valence-electron chi connectivity index (χ3n) is 2.91. The summed E-state index contributed by atoms with van der Waals surface area (Å²) in [7, 11) is 0. The molecule has 0 rings (SSSR count). The molecule has 0 fully saturated rings. The number of hydrogen-bond acceptors (Lipinski definition) is 2. The first kappa shape index (κ1) is 15.7. The molecule has 0 N–H and O–H groups in total. The van der Waals surface area contributed by atoms with Crippen molar-refractivity contribution >= 4 is 23.5 Å². The van der Waals surface area contributed by atoms with Crippen LogP contribution in [-0.4, -0.2) is 21.5 Å². The molecule has 0 aliphatic heterocycles. The molecule has 0 spiro atoms. The summed E-state index contributed by atoms with van der Waals surface area (Å²) < 4.78 is 0.888. The van der Waals surface area contributed by atoms with Gasteiger partial charge < -0.3 is 0 Å². The van der Waals surface area contributed by atoms with Gasteiger partial charge in [0.05, 0.1) is 0 Å². The van der Waals surface area contributed by atoms with E-state index < -0.39 is 0 Å². The highest BCUT2D eigenvalue weighted by molar-refractivity contribution is 8.04. The zero-order chi connectivity index (χ0) is 12.1. The van der Waals surface area contributed by atoms with Crippen LogP contribution < -0.4 is 0 Å². The monoisotopic (exact) mass is 248 g/mol. The summed E-state index contributed by atoms with van der Waals surface area (Å²) in [5.74, 6) is 2.06. The molecule has 0 bridgehead atoms. The maximum absolute atomic E-state index is 2.42. The molecule has 0 radical (unpaired) electrons. The van der Waals surface area contributed by atoms with E-state index in [0.29, 0.717) is 9.49 Å². The van der Waals surface area contributed by atoms with Crippen molar-refractivity contribution in [2.45, 2.75) is 63.9 Å². The number of thioether (sulfide) groups is 2. The second kappa shape index (κ2) is 6.44. The Morgan fingerprint density at radius 2 is 1.67 bits per heavy atom. The zero-order valence-corrected chi connectivity index (χ0v) is 13.1. The van der Waals surface area contributed by atoms with Gasteiger partial charge in [0.2, 0.25) is 0 Å². The van der Waals surface area contributed by atoms with E-state index in [0.717, 1.165) is 5.92 Å². The normalized spacial score (nSPS) is 16.8.